The quantitative estimate of drug-likeness (QED) is 0.423. The van der Waals surface area contributed by atoms with Gasteiger partial charge in [0.05, 0.1) is 19.3 Å². The van der Waals surface area contributed by atoms with E-state index in [0.717, 1.165) is 0 Å². The van der Waals surface area contributed by atoms with Gasteiger partial charge in [0.25, 0.3) is 0 Å². The number of rotatable bonds is 8. The van der Waals surface area contributed by atoms with Gasteiger partial charge in [-0.15, -0.1) is 5.73 Å². The first-order valence-electron chi connectivity index (χ1n) is 7.33. The molecule has 23 heavy (non-hydrogen) atoms. The van der Waals surface area contributed by atoms with Crippen LogP contribution in [0.3, 0.4) is 0 Å². The molecule has 126 valence electrons. The van der Waals surface area contributed by atoms with E-state index >= 15 is 0 Å². The third kappa shape index (κ3) is 6.67. The van der Waals surface area contributed by atoms with Crippen LogP contribution < -0.4 is 0 Å². The van der Waals surface area contributed by atoms with Crippen molar-refractivity contribution in [2.45, 2.75) is 32.0 Å². The Hall–Kier alpha value is -2.11. The Morgan fingerprint density at radius 2 is 1.96 bits per heavy atom. The van der Waals surface area contributed by atoms with Gasteiger partial charge in [-0.3, -0.25) is 0 Å². The molecule has 6 heteroatoms. The van der Waals surface area contributed by atoms with Crippen LogP contribution in [0.5, 0.6) is 5.75 Å². The summed E-state index contributed by atoms with van der Waals surface area (Å²) in [7, 11) is 0. The van der Waals surface area contributed by atoms with Crippen molar-refractivity contribution >= 4 is 5.97 Å². The van der Waals surface area contributed by atoms with Gasteiger partial charge in [-0.25, -0.2) is 4.79 Å². The number of phenolic OH excluding ortho intramolecular Hbond substituents is 1. The van der Waals surface area contributed by atoms with Crippen LogP contribution in [-0.4, -0.2) is 45.7 Å². The number of carbonyl (C=O) groups is 1. The van der Waals surface area contributed by atoms with Crippen molar-refractivity contribution in [1.29, 1.82) is 0 Å². The lowest BCUT2D eigenvalue weighted by Gasteiger charge is -2.10. The van der Waals surface area contributed by atoms with Crippen LogP contribution in [0.4, 0.5) is 0 Å². The van der Waals surface area contributed by atoms with E-state index in [0.29, 0.717) is 11.1 Å². The largest absolute Gasteiger partial charge is 0.508 e. The number of carbonyl (C=O) groups excluding carboxylic acids is 1. The maximum absolute atomic E-state index is 11.3. The SMILES string of the molecule is CCOC(=O)[C@H](O)CC(=C=CC[C@@H](O)c1ccc(O)cc1)CO. The first-order chi connectivity index (χ1) is 11.0. The van der Waals surface area contributed by atoms with E-state index in [1.165, 1.54) is 18.2 Å². The summed E-state index contributed by atoms with van der Waals surface area (Å²) < 4.78 is 4.68. The monoisotopic (exact) mass is 322 g/mol. The van der Waals surface area contributed by atoms with E-state index < -0.39 is 18.2 Å². The van der Waals surface area contributed by atoms with E-state index in [2.05, 4.69) is 10.5 Å². The molecule has 0 heterocycles. The van der Waals surface area contributed by atoms with Crippen molar-refractivity contribution in [3.8, 4) is 5.75 Å². The van der Waals surface area contributed by atoms with Crippen LogP contribution in [-0.2, 0) is 9.53 Å². The van der Waals surface area contributed by atoms with Crippen molar-refractivity contribution in [3.63, 3.8) is 0 Å². The summed E-state index contributed by atoms with van der Waals surface area (Å²) in [5.41, 5.74) is 3.75. The summed E-state index contributed by atoms with van der Waals surface area (Å²) in [6.45, 7) is 1.45. The zero-order valence-corrected chi connectivity index (χ0v) is 13.0. The van der Waals surface area contributed by atoms with Gasteiger partial charge >= 0.3 is 5.97 Å². The van der Waals surface area contributed by atoms with Gasteiger partial charge in [-0.1, -0.05) is 12.1 Å². The fourth-order valence-corrected chi connectivity index (χ4v) is 1.87. The molecule has 6 nitrogen and oxygen atoms in total. The molecule has 0 aliphatic rings. The Bertz CT molecular complexity index is 557. The van der Waals surface area contributed by atoms with E-state index in [1.807, 2.05) is 0 Å². The first-order valence-corrected chi connectivity index (χ1v) is 7.33. The van der Waals surface area contributed by atoms with Gasteiger partial charge in [0.15, 0.2) is 6.10 Å². The number of aliphatic hydroxyl groups is 3. The Morgan fingerprint density at radius 3 is 2.52 bits per heavy atom. The minimum absolute atomic E-state index is 0.0822. The zero-order valence-electron chi connectivity index (χ0n) is 13.0. The van der Waals surface area contributed by atoms with Gasteiger partial charge in [-0.05, 0) is 36.3 Å². The number of benzene rings is 1. The van der Waals surface area contributed by atoms with Crippen LogP contribution in [0.2, 0.25) is 0 Å². The number of aromatic hydroxyl groups is 1. The molecule has 0 radical (unpaired) electrons. The van der Waals surface area contributed by atoms with E-state index in [1.54, 1.807) is 19.1 Å². The number of hydrogen-bond acceptors (Lipinski definition) is 6. The number of aliphatic hydroxyl groups excluding tert-OH is 3. The predicted octanol–water partition coefficient (Wildman–Crippen LogP) is 1.20. The van der Waals surface area contributed by atoms with Crippen LogP contribution in [0.1, 0.15) is 31.4 Å². The fourth-order valence-electron chi connectivity index (χ4n) is 1.87. The Labute approximate surface area is 135 Å². The average Bonchev–Trinajstić information content (AvgIpc) is 2.54. The smallest absolute Gasteiger partial charge is 0.335 e. The molecule has 0 aromatic heterocycles. The highest BCUT2D eigenvalue weighted by atomic mass is 16.5. The summed E-state index contributed by atoms with van der Waals surface area (Å²) in [4.78, 5) is 11.3. The predicted molar refractivity (Wildman–Crippen MR) is 83.6 cm³/mol. The molecule has 4 N–H and O–H groups in total. The first kappa shape index (κ1) is 18.9. The van der Waals surface area contributed by atoms with Crippen LogP contribution >= 0.6 is 0 Å². The highest BCUT2D eigenvalue weighted by Crippen LogP contribution is 2.19. The lowest BCUT2D eigenvalue weighted by Crippen LogP contribution is -2.23. The second kappa shape index (κ2) is 9.82. The molecule has 1 aromatic rings. The van der Waals surface area contributed by atoms with Gasteiger partial charge in [0.1, 0.15) is 5.75 Å². The molecular formula is C17H22O6. The van der Waals surface area contributed by atoms with Crippen LogP contribution in [0.15, 0.2) is 41.6 Å². The molecule has 1 aromatic carbocycles. The molecule has 0 aliphatic carbocycles. The van der Waals surface area contributed by atoms with Crippen LogP contribution in [0, 0.1) is 0 Å². The number of esters is 1. The van der Waals surface area contributed by atoms with E-state index in [4.69, 9.17) is 0 Å². The van der Waals surface area contributed by atoms with Gasteiger partial charge in [-0.2, -0.15) is 0 Å². The topological polar surface area (TPSA) is 107 Å². The third-order valence-corrected chi connectivity index (χ3v) is 3.11. The molecule has 2 atom stereocenters. The van der Waals surface area contributed by atoms with Crippen molar-refractivity contribution in [2.75, 3.05) is 13.2 Å². The molecule has 0 unspecified atom stereocenters. The van der Waals surface area contributed by atoms with Crippen LogP contribution in [0.25, 0.3) is 0 Å². The molecule has 0 aliphatic heterocycles. The standard InChI is InChI=1S/C17H22O6/c1-2-23-17(22)16(21)10-12(11-18)4-3-5-15(20)13-6-8-14(19)9-7-13/h3,6-9,15-16,18-21H,2,5,10-11H2,1H3/t4?,15-,16-/m1/s1. The average molecular weight is 322 g/mol. The summed E-state index contributed by atoms with van der Waals surface area (Å²) in [5.74, 6) is -0.628. The third-order valence-electron chi connectivity index (χ3n) is 3.11. The Morgan fingerprint density at radius 1 is 1.30 bits per heavy atom. The molecule has 0 fully saturated rings. The van der Waals surface area contributed by atoms with Gasteiger partial charge in [0.2, 0.25) is 0 Å². The molecule has 1 rings (SSSR count). The van der Waals surface area contributed by atoms with E-state index in [-0.39, 0.29) is 31.8 Å². The van der Waals surface area contributed by atoms with E-state index in [9.17, 15) is 25.2 Å². The van der Waals surface area contributed by atoms with Crippen molar-refractivity contribution in [1.82, 2.24) is 0 Å². The maximum atomic E-state index is 11.3. The molecular weight excluding hydrogens is 300 g/mol. The zero-order chi connectivity index (χ0) is 17.2. The minimum atomic E-state index is -1.35. The molecule has 0 saturated heterocycles. The molecule has 0 spiro atoms. The lowest BCUT2D eigenvalue weighted by molar-refractivity contribution is -0.152. The summed E-state index contributed by atoms with van der Waals surface area (Å²) in [6.07, 6.45) is -0.440. The van der Waals surface area contributed by atoms with Crippen molar-refractivity contribution in [2.24, 2.45) is 0 Å². The molecule has 0 saturated carbocycles. The maximum Gasteiger partial charge on any atom is 0.335 e. The van der Waals surface area contributed by atoms with Crippen molar-refractivity contribution < 1.29 is 30.0 Å². The number of phenols is 1. The highest BCUT2D eigenvalue weighted by molar-refractivity contribution is 5.74. The second-order valence-electron chi connectivity index (χ2n) is 4.93. The van der Waals surface area contributed by atoms with Crippen molar-refractivity contribution in [3.05, 3.63) is 47.2 Å². The number of hydrogen-bond donors (Lipinski definition) is 4. The summed E-state index contributed by atoms with van der Waals surface area (Å²) >= 11 is 0. The Kier molecular flexibility index (Phi) is 8.08. The molecule has 0 amide bonds. The van der Waals surface area contributed by atoms with Gasteiger partial charge in [0, 0.05) is 12.8 Å². The Balaban J connectivity index is 2.64. The normalized spacial score (nSPS) is 12.9. The highest BCUT2D eigenvalue weighted by Gasteiger charge is 2.17. The summed E-state index contributed by atoms with van der Waals surface area (Å²) in [6, 6.07) is 6.17. The number of ether oxygens (including phenoxy) is 1. The second-order valence-corrected chi connectivity index (χ2v) is 4.93. The minimum Gasteiger partial charge on any atom is -0.508 e. The van der Waals surface area contributed by atoms with Gasteiger partial charge < -0.3 is 25.2 Å². The lowest BCUT2D eigenvalue weighted by atomic mass is 10.1. The fraction of sp³-hybridized carbons (Fsp3) is 0.412. The summed E-state index contributed by atoms with van der Waals surface area (Å²) in [5, 5.41) is 38.0. The molecule has 0 bridgehead atoms.